The molecule has 0 aliphatic heterocycles. The van der Waals surface area contributed by atoms with Crippen molar-refractivity contribution in [3.63, 3.8) is 0 Å². The van der Waals surface area contributed by atoms with E-state index in [1.807, 2.05) is 0 Å². The van der Waals surface area contributed by atoms with Crippen molar-refractivity contribution in [2.75, 3.05) is 5.32 Å². The normalized spacial score (nSPS) is 12.4. The Hall–Kier alpha value is -0.830. The summed E-state index contributed by atoms with van der Waals surface area (Å²) in [4.78, 5) is 7.96. The number of hydrogen-bond acceptors (Lipinski definition) is 3. The highest BCUT2D eigenvalue weighted by molar-refractivity contribution is 6.32. The number of nitrogens with zero attached hydrogens (tertiary/aromatic N) is 2. The number of rotatable bonds is 7. The maximum Gasteiger partial charge on any atom is 0.148 e. The van der Waals surface area contributed by atoms with Gasteiger partial charge in [-0.15, -0.1) is 0 Å². The van der Waals surface area contributed by atoms with E-state index in [2.05, 4.69) is 29.1 Å². The van der Waals surface area contributed by atoms with Crippen molar-refractivity contribution in [3.05, 3.63) is 17.5 Å². The summed E-state index contributed by atoms with van der Waals surface area (Å²) in [6.07, 6.45) is 9.43. The fourth-order valence-electron chi connectivity index (χ4n) is 1.60. The molecule has 0 fully saturated rings. The Morgan fingerprint density at radius 2 is 2.19 bits per heavy atom. The Morgan fingerprint density at radius 1 is 1.38 bits per heavy atom. The zero-order valence-corrected chi connectivity index (χ0v) is 10.8. The van der Waals surface area contributed by atoms with Gasteiger partial charge in [0.05, 0.1) is 6.20 Å². The molecule has 0 saturated carbocycles. The second-order valence-electron chi connectivity index (χ2n) is 4.11. The van der Waals surface area contributed by atoms with E-state index in [1.54, 1.807) is 6.20 Å². The van der Waals surface area contributed by atoms with Crippen molar-refractivity contribution in [1.29, 1.82) is 0 Å². The molecule has 0 aromatic carbocycles. The Kier molecular flexibility index (Phi) is 6.16. The van der Waals surface area contributed by atoms with Gasteiger partial charge in [-0.1, -0.05) is 44.2 Å². The van der Waals surface area contributed by atoms with Crippen molar-refractivity contribution < 1.29 is 0 Å². The third-order valence-corrected chi connectivity index (χ3v) is 2.82. The summed E-state index contributed by atoms with van der Waals surface area (Å²) in [5.41, 5.74) is 0. The van der Waals surface area contributed by atoms with E-state index in [0.717, 1.165) is 12.2 Å². The number of hydrogen-bond donors (Lipinski definition) is 1. The molecule has 3 nitrogen and oxygen atoms in total. The quantitative estimate of drug-likeness (QED) is 0.736. The predicted molar refractivity (Wildman–Crippen MR) is 68.9 cm³/mol. The van der Waals surface area contributed by atoms with Gasteiger partial charge in [-0.05, 0) is 13.3 Å². The van der Waals surface area contributed by atoms with Gasteiger partial charge in [0.25, 0.3) is 0 Å². The Labute approximate surface area is 103 Å². The van der Waals surface area contributed by atoms with E-state index < -0.39 is 0 Å². The van der Waals surface area contributed by atoms with Gasteiger partial charge >= 0.3 is 0 Å². The minimum absolute atomic E-state index is 0.407. The summed E-state index contributed by atoms with van der Waals surface area (Å²) in [6.45, 7) is 4.38. The van der Waals surface area contributed by atoms with Crippen LogP contribution in [-0.2, 0) is 0 Å². The molecule has 4 heteroatoms. The number of halogens is 1. The zero-order chi connectivity index (χ0) is 11.8. The molecule has 90 valence electrons. The lowest BCUT2D eigenvalue weighted by molar-refractivity contribution is 0.593. The minimum Gasteiger partial charge on any atom is -0.366 e. The van der Waals surface area contributed by atoms with Crippen LogP contribution in [0.2, 0.25) is 5.02 Å². The van der Waals surface area contributed by atoms with Crippen molar-refractivity contribution in [3.8, 4) is 0 Å². The highest BCUT2D eigenvalue weighted by Gasteiger charge is 2.05. The van der Waals surface area contributed by atoms with Gasteiger partial charge < -0.3 is 5.32 Å². The van der Waals surface area contributed by atoms with Gasteiger partial charge in [0.2, 0.25) is 0 Å². The summed E-state index contributed by atoms with van der Waals surface area (Å²) in [6, 6.07) is 0.407. The van der Waals surface area contributed by atoms with Gasteiger partial charge in [0.15, 0.2) is 0 Å². The SMILES string of the molecule is CCCCCCC(C)Nc1ncncc1Cl. The first kappa shape index (κ1) is 13.2. The highest BCUT2D eigenvalue weighted by Crippen LogP contribution is 2.18. The number of unbranched alkanes of at least 4 members (excludes halogenated alkanes) is 3. The van der Waals surface area contributed by atoms with Crippen molar-refractivity contribution >= 4 is 17.4 Å². The molecule has 1 unspecified atom stereocenters. The first-order valence-electron chi connectivity index (χ1n) is 5.96. The Balaban J connectivity index is 2.28. The summed E-state index contributed by atoms with van der Waals surface area (Å²) < 4.78 is 0. The minimum atomic E-state index is 0.407. The monoisotopic (exact) mass is 241 g/mol. The second-order valence-corrected chi connectivity index (χ2v) is 4.52. The van der Waals surface area contributed by atoms with Crippen molar-refractivity contribution in [1.82, 2.24) is 9.97 Å². The average Bonchev–Trinajstić information content (AvgIpc) is 2.28. The standard InChI is InChI=1S/C12H20ClN3/c1-3-4-5-6-7-10(2)16-12-11(13)8-14-9-15-12/h8-10H,3-7H2,1-2H3,(H,14,15,16). The molecular weight excluding hydrogens is 222 g/mol. The van der Waals surface area contributed by atoms with Crippen LogP contribution in [0, 0.1) is 0 Å². The lowest BCUT2D eigenvalue weighted by atomic mass is 10.1. The number of nitrogens with one attached hydrogen (secondary N) is 1. The van der Waals surface area contributed by atoms with Crippen molar-refractivity contribution in [2.24, 2.45) is 0 Å². The van der Waals surface area contributed by atoms with Gasteiger partial charge in [-0.25, -0.2) is 9.97 Å². The smallest absolute Gasteiger partial charge is 0.148 e. The summed E-state index contributed by atoms with van der Waals surface area (Å²) in [5, 5.41) is 3.89. The van der Waals surface area contributed by atoms with Crippen molar-refractivity contribution in [2.45, 2.75) is 52.0 Å². The average molecular weight is 242 g/mol. The maximum absolute atomic E-state index is 5.96. The lowest BCUT2D eigenvalue weighted by Gasteiger charge is -2.14. The van der Waals surface area contributed by atoms with Crippen LogP contribution >= 0.6 is 11.6 Å². The largest absolute Gasteiger partial charge is 0.366 e. The van der Waals surface area contributed by atoms with Crippen LogP contribution in [-0.4, -0.2) is 16.0 Å². The van der Waals surface area contributed by atoms with E-state index in [-0.39, 0.29) is 0 Å². The molecule has 1 rings (SSSR count). The molecule has 0 saturated heterocycles. The van der Waals surface area contributed by atoms with Gasteiger partial charge in [-0.2, -0.15) is 0 Å². The van der Waals surface area contributed by atoms with E-state index in [0.29, 0.717) is 11.1 Å². The Bertz CT molecular complexity index is 304. The summed E-state index contributed by atoms with van der Waals surface area (Å²) >= 11 is 5.96. The molecule has 0 radical (unpaired) electrons. The molecule has 1 aromatic heterocycles. The van der Waals surface area contributed by atoms with E-state index >= 15 is 0 Å². The van der Waals surface area contributed by atoms with Crippen LogP contribution < -0.4 is 5.32 Å². The fourth-order valence-corrected chi connectivity index (χ4v) is 1.76. The van der Waals surface area contributed by atoms with Gasteiger partial charge in [0, 0.05) is 6.04 Å². The molecule has 0 bridgehead atoms. The Morgan fingerprint density at radius 3 is 2.88 bits per heavy atom. The third kappa shape index (κ3) is 4.79. The first-order chi connectivity index (χ1) is 7.74. The van der Waals surface area contributed by atoms with Gasteiger partial charge in [-0.3, -0.25) is 0 Å². The molecule has 0 aliphatic carbocycles. The van der Waals surface area contributed by atoms with Gasteiger partial charge in [0.1, 0.15) is 17.2 Å². The number of anilines is 1. The molecule has 1 N–H and O–H groups in total. The topological polar surface area (TPSA) is 37.8 Å². The van der Waals surface area contributed by atoms with E-state index in [1.165, 1.54) is 32.0 Å². The second kappa shape index (κ2) is 7.44. The van der Waals surface area contributed by atoms with E-state index in [4.69, 9.17) is 11.6 Å². The van der Waals surface area contributed by atoms with Crippen LogP contribution in [0.4, 0.5) is 5.82 Å². The third-order valence-electron chi connectivity index (χ3n) is 2.54. The van der Waals surface area contributed by atoms with Crippen LogP contribution in [0.1, 0.15) is 46.0 Å². The molecule has 1 aromatic rings. The molecular formula is C12H20ClN3. The summed E-state index contributed by atoms with van der Waals surface area (Å²) in [7, 11) is 0. The van der Waals surface area contributed by atoms with Crippen LogP contribution in [0.3, 0.4) is 0 Å². The zero-order valence-electron chi connectivity index (χ0n) is 10.0. The number of aromatic nitrogens is 2. The van der Waals surface area contributed by atoms with Crippen LogP contribution in [0.25, 0.3) is 0 Å². The molecule has 16 heavy (non-hydrogen) atoms. The fraction of sp³-hybridized carbons (Fsp3) is 0.667. The molecule has 0 aliphatic rings. The van der Waals surface area contributed by atoms with Crippen LogP contribution in [0.15, 0.2) is 12.5 Å². The summed E-state index contributed by atoms with van der Waals surface area (Å²) in [5.74, 6) is 0.736. The first-order valence-corrected chi connectivity index (χ1v) is 6.34. The molecule has 0 amide bonds. The maximum atomic E-state index is 5.96. The molecule has 1 heterocycles. The predicted octanol–water partition coefficient (Wildman–Crippen LogP) is 3.90. The molecule has 1 atom stereocenters. The lowest BCUT2D eigenvalue weighted by Crippen LogP contribution is -2.16. The highest BCUT2D eigenvalue weighted by atomic mass is 35.5. The van der Waals surface area contributed by atoms with E-state index in [9.17, 15) is 0 Å². The molecule has 0 spiro atoms. The van der Waals surface area contributed by atoms with Crippen LogP contribution in [0.5, 0.6) is 0 Å².